The maximum Gasteiger partial charge on any atom is 0.146 e. The van der Waals surface area contributed by atoms with Gasteiger partial charge >= 0.3 is 0 Å². The minimum absolute atomic E-state index is 0.103. The fraction of sp³-hybridized carbons (Fsp3) is 1.00. The van der Waals surface area contributed by atoms with Crippen molar-refractivity contribution in [2.24, 2.45) is 0 Å². The summed E-state index contributed by atoms with van der Waals surface area (Å²) < 4.78 is 5.08. The van der Waals surface area contributed by atoms with Crippen LogP contribution in [-0.2, 0) is 4.43 Å². The van der Waals surface area contributed by atoms with Crippen LogP contribution in [0.2, 0.25) is 0 Å². The van der Waals surface area contributed by atoms with Crippen molar-refractivity contribution < 1.29 is 4.43 Å². The minimum atomic E-state index is 0.103. The Morgan fingerprint density at radius 1 is 1.40 bits per heavy atom. The molecule has 0 aromatic carbocycles. The van der Waals surface area contributed by atoms with Crippen LogP contribution in [0.1, 0.15) is 27.7 Å². The summed E-state index contributed by atoms with van der Waals surface area (Å²) in [7, 11) is 2.78. The molecule has 10 heavy (non-hydrogen) atoms. The van der Waals surface area contributed by atoms with Crippen molar-refractivity contribution >= 4 is 10.5 Å². The predicted molar refractivity (Wildman–Crippen MR) is 50.4 cm³/mol. The number of nitrogens with one attached hydrogen (secondary N) is 1. The Morgan fingerprint density at radius 3 is 1.60 bits per heavy atom. The average Bonchev–Trinajstić information content (AvgIpc) is 1.87. The average molecular weight is 163 g/mol. The van der Waals surface area contributed by atoms with E-state index in [1.807, 2.05) is 7.05 Å². The molecule has 0 unspecified atom stereocenters. The molecule has 0 amide bonds. The Hall–Kier alpha value is 0.137. The molecule has 1 N–H and O–H groups in total. The molecule has 64 valence electrons. The molecule has 3 heteroatoms. The van der Waals surface area contributed by atoms with Crippen molar-refractivity contribution in [2.75, 3.05) is 13.6 Å². The van der Waals surface area contributed by atoms with Crippen LogP contribution in [0.4, 0.5) is 0 Å². The van der Waals surface area contributed by atoms with Crippen LogP contribution < -0.4 is 5.32 Å². The third-order valence-electron chi connectivity index (χ3n) is 0.966. The monoisotopic (exact) mass is 163 g/mol. The second kappa shape index (κ2) is 7.25. The maximum absolute atomic E-state index is 5.08. The predicted octanol–water partition coefficient (Wildman–Crippen LogP) is 0.308. The van der Waals surface area contributed by atoms with Crippen LogP contribution in [0.15, 0.2) is 0 Å². The summed E-state index contributed by atoms with van der Waals surface area (Å²) in [4.78, 5) is 0. The minimum Gasteiger partial charge on any atom is -0.423 e. The van der Waals surface area contributed by atoms with Crippen LogP contribution in [0.5, 0.6) is 0 Å². The van der Waals surface area contributed by atoms with Gasteiger partial charge in [-0.3, -0.25) is 0 Å². The standard InChI is InChI=1S/C4H12OSi.C3H9N/c1-4(2,3)5-6;1-3-4-2/h1-3,6H3;4H,3H2,1-2H3. The van der Waals surface area contributed by atoms with Crippen molar-refractivity contribution in [3.63, 3.8) is 0 Å². The number of hydrogen-bond donors (Lipinski definition) is 1. The van der Waals surface area contributed by atoms with Gasteiger partial charge < -0.3 is 9.74 Å². The maximum atomic E-state index is 5.08. The first-order valence-corrected chi connectivity index (χ1v) is 4.49. The lowest BCUT2D eigenvalue weighted by molar-refractivity contribution is 0.147. The molecular formula is C7H21NOSi. The highest BCUT2D eigenvalue weighted by molar-refractivity contribution is 5.98. The van der Waals surface area contributed by atoms with Gasteiger partial charge in [0.1, 0.15) is 10.5 Å². The van der Waals surface area contributed by atoms with Gasteiger partial charge in [0.2, 0.25) is 0 Å². The van der Waals surface area contributed by atoms with E-state index in [-0.39, 0.29) is 5.60 Å². The molecule has 0 rings (SSSR count). The van der Waals surface area contributed by atoms with E-state index in [4.69, 9.17) is 4.43 Å². The smallest absolute Gasteiger partial charge is 0.146 e. The summed E-state index contributed by atoms with van der Waals surface area (Å²) in [5.41, 5.74) is 0.103. The fourth-order valence-corrected chi connectivity index (χ4v) is 0. The van der Waals surface area contributed by atoms with E-state index >= 15 is 0 Å². The molecule has 2 nitrogen and oxygen atoms in total. The lowest BCUT2D eigenvalue weighted by Gasteiger charge is -2.15. The second-order valence-corrected chi connectivity index (χ2v) is 3.43. The third kappa shape index (κ3) is 24.2. The first kappa shape index (κ1) is 12.8. The number of rotatable bonds is 1. The van der Waals surface area contributed by atoms with E-state index in [9.17, 15) is 0 Å². The van der Waals surface area contributed by atoms with Crippen LogP contribution in [0.3, 0.4) is 0 Å². The molecule has 0 saturated heterocycles. The summed E-state index contributed by atoms with van der Waals surface area (Å²) in [5, 5.41) is 2.93. The molecule has 0 radical (unpaired) electrons. The van der Waals surface area contributed by atoms with Crippen molar-refractivity contribution in [1.29, 1.82) is 0 Å². The Kier molecular flexibility index (Phi) is 9.26. The van der Waals surface area contributed by atoms with Gasteiger partial charge in [-0.15, -0.1) is 0 Å². The van der Waals surface area contributed by atoms with Crippen LogP contribution in [-0.4, -0.2) is 29.7 Å². The lowest BCUT2D eigenvalue weighted by atomic mass is 10.2. The molecule has 0 saturated carbocycles. The van der Waals surface area contributed by atoms with E-state index in [1.165, 1.54) is 0 Å². The van der Waals surface area contributed by atoms with Crippen molar-refractivity contribution in [3.8, 4) is 0 Å². The van der Waals surface area contributed by atoms with Crippen LogP contribution in [0.25, 0.3) is 0 Å². The Labute approximate surface area is 67.9 Å². The summed E-state index contributed by atoms with van der Waals surface area (Å²) in [6.07, 6.45) is 0. The molecule has 0 aliphatic rings. The molecular weight excluding hydrogens is 142 g/mol. The van der Waals surface area contributed by atoms with Gasteiger partial charge in [0, 0.05) is 5.60 Å². The molecule has 0 aromatic heterocycles. The van der Waals surface area contributed by atoms with E-state index < -0.39 is 0 Å². The summed E-state index contributed by atoms with van der Waals surface area (Å²) >= 11 is 0. The van der Waals surface area contributed by atoms with Crippen LogP contribution >= 0.6 is 0 Å². The highest BCUT2D eigenvalue weighted by Gasteiger charge is 2.03. The first-order valence-electron chi connectivity index (χ1n) is 3.67. The van der Waals surface area contributed by atoms with Gasteiger partial charge in [-0.1, -0.05) is 6.92 Å². The van der Waals surface area contributed by atoms with Crippen LogP contribution in [0, 0.1) is 0 Å². The zero-order valence-corrected chi connectivity index (χ0v) is 10.1. The quantitative estimate of drug-likeness (QED) is 0.562. The van der Waals surface area contributed by atoms with Gasteiger partial charge in [0.15, 0.2) is 0 Å². The normalized spacial score (nSPS) is 10.5. The Bertz CT molecular complexity index is 59.1. The summed E-state index contributed by atoms with van der Waals surface area (Å²) in [5.74, 6) is 0. The van der Waals surface area contributed by atoms with E-state index in [1.54, 1.807) is 0 Å². The molecule has 0 aliphatic heterocycles. The summed E-state index contributed by atoms with van der Waals surface area (Å²) in [6.45, 7) is 9.31. The largest absolute Gasteiger partial charge is 0.423 e. The van der Waals surface area contributed by atoms with Crippen molar-refractivity contribution in [3.05, 3.63) is 0 Å². The molecule has 0 bridgehead atoms. The van der Waals surface area contributed by atoms with Gasteiger partial charge in [0.25, 0.3) is 0 Å². The zero-order chi connectivity index (χ0) is 8.62. The summed E-state index contributed by atoms with van der Waals surface area (Å²) in [6, 6.07) is 0. The highest BCUT2D eigenvalue weighted by Crippen LogP contribution is 2.01. The van der Waals surface area contributed by atoms with E-state index in [0.29, 0.717) is 0 Å². The molecule has 0 heterocycles. The van der Waals surface area contributed by atoms with E-state index in [2.05, 4.69) is 33.0 Å². The Balaban J connectivity index is 0. The topological polar surface area (TPSA) is 21.3 Å². The lowest BCUT2D eigenvalue weighted by Crippen LogP contribution is -2.16. The third-order valence-corrected chi connectivity index (χ3v) is 2.19. The molecule has 0 spiro atoms. The fourth-order valence-electron chi connectivity index (χ4n) is 0. The zero-order valence-electron chi connectivity index (χ0n) is 8.12. The second-order valence-electron chi connectivity index (χ2n) is 3.02. The Morgan fingerprint density at radius 2 is 1.60 bits per heavy atom. The first-order chi connectivity index (χ1) is 4.47. The molecule has 0 aromatic rings. The van der Waals surface area contributed by atoms with Crippen molar-refractivity contribution in [1.82, 2.24) is 5.32 Å². The van der Waals surface area contributed by atoms with Gasteiger partial charge in [0.05, 0.1) is 0 Å². The SMILES string of the molecule is CC(C)(C)O[SiH3].CCNC. The van der Waals surface area contributed by atoms with Gasteiger partial charge in [-0.25, -0.2) is 0 Å². The van der Waals surface area contributed by atoms with Gasteiger partial charge in [-0.05, 0) is 34.4 Å². The molecule has 0 atom stereocenters. The van der Waals surface area contributed by atoms with E-state index in [0.717, 1.165) is 17.0 Å². The molecule has 0 aliphatic carbocycles. The molecule has 0 fully saturated rings. The van der Waals surface area contributed by atoms with Crippen molar-refractivity contribution in [2.45, 2.75) is 33.3 Å². The van der Waals surface area contributed by atoms with Gasteiger partial charge in [-0.2, -0.15) is 0 Å². The highest BCUT2D eigenvalue weighted by atomic mass is 28.2. The number of hydrogen-bond acceptors (Lipinski definition) is 2.